The van der Waals surface area contributed by atoms with Crippen LogP contribution in [-0.4, -0.2) is 9.97 Å². The Morgan fingerprint density at radius 3 is 2.36 bits per heavy atom. The summed E-state index contributed by atoms with van der Waals surface area (Å²) >= 11 is 1.84. The molecule has 0 atom stereocenters. The molecule has 3 nitrogen and oxygen atoms in total. The topological polar surface area (TPSA) is 29.0 Å². The Labute approximate surface area is 211 Å². The lowest BCUT2D eigenvalue weighted by Crippen LogP contribution is -2.17. The molecule has 2 aromatic heterocycles. The Morgan fingerprint density at radius 1 is 0.611 bits per heavy atom. The number of anilines is 3. The Hall–Kier alpha value is -4.54. The molecule has 0 saturated heterocycles. The van der Waals surface area contributed by atoms with Crippen LogP contribution in [-0.2, 0) is 0 Å². The van der Waals surface area contributed by atoms with E-state index in [4.69, 9.17) is 9.97 Å². The Kier molecular flexibility index (Phi) is 4.10. The summed E-state index contributed by atoms with van der Waals surface area (Å²) in [4.78, 5) is 12.1. The van der Waals surface area contributed by atoms with Crippen molar-refractivity contribution in [3.63, 3.8) is 0 Å². The van der Waals surface area contributed by atoms with E-state index in [1.54, 1.807) is 0 Å². The lowest BCUT2D eigenvalue weighted by Gasteiger charge is -2.32. The van der Waals surface area contributed by atoms with Gasteiger partial charge < -0.3 is 0 Å². The second-order valence-corrected chi connectivity index (χ2v) is 10.2. The molecule has 168 valence electrons. The quantitative estimate of drug-likeness (QED) is 0.249. The van der Waals surface area contributed by atoms with E-state index in [1.165, 1.54) is 42.1 Å². The number of hydrogen-bond acceptors (Lipinski definition) is 4. The third-order valence-corrected chi connectivity index (χ3v) is 8.20. The zero-order valence-corrected chi connectivity index (χ0v) is 20.0. The molecule has 0 spiro atoms. The predicted molar refractivity (Wildman–Crippen MR) is 152 cm³/mol. The monoisotopic (exact) mass is 477 g/mol. The zero-order chi connectivity index (χ0) is 23.6. The first-order chi connectivity index (χ1) is 17.8. The molecule has 0 radical (unpaired) electrons. The van der Waals surface area contributed by atoms with E-state index < -0.39 is 0 Å². The molecule has 0 unspecified atom stereocenters. The zero-order valence-electron chi connectivity index (χ0n) is 19.2. The minimum atomic E-state index is 0.681. The van der Waals surface area contributed by atoms with Crippen LogP contribution in [0.5, 0.6) is 0 Å². The molecule has 1 aliphatic heterocycles. The van der Waals surface area contributed by atoms with Crippen LogP contribution in [0, 0.1) is 0 Å². The number of thiophene rings is 1. The van der Waals surface area contributed by atoms with Gasteiger partial charge in [0.2, 0.25) is 5.95 Å². The van der Waals surface area contributed by atoms with Crippen LogP contribution in [0.3, 0.4) is 0 Å². The summed E-state index contributed by atoms with van der Waals surface area (Å²) in [6, 6.07) is 38.7. The third-order valence-electron chi connectivity index (χ3n) is 7.06. The maximum absolute atomic E-state index is 5.07. The summed E-state index contributed by atoms with van der Waals surface area (Å²) in [5.74, 6) is 0.681. The highest BCUT2D eigenvalue weighted by Crippen LogP contribution is 2.52. The first kappa shape index (κ1) is 19.7. The number of benzene rings is 5. The highest BCUT2D eigenvalue weighted by Gasteiger charge is 2.28. The minimum absolute atomic E-state index is 0.681. The van der Waals surface area contributed by atoms with Gasteiger partial charge in [-0.15, -0.1) is 11.3 Å². The van der Waals surface area contributed by atoms with Crippen LogP contribution >= 0.6 is 11.3 Å². The van der Waals surface area contributed by atoms with Crippen molar-refractivity contribution >= 4 is 59.6 Å². The van der Waals surface area contributed by atoms with Gasteiger partial charge in [0.25, 0.3) is 0 Å². The van der Waals surface area contributed by atoms with E-state index in [2.05, 4.69) is 89.8 Å². The van der Waals surface area contributed by atoms with Gasteiger partial charge in [0.15, 0.2) is 0 Å². The number of fused-ring (bicyclic) bond motifs is 5. The minimum Gasteiger partial charge on any atom is -0.278 e. The Bertz CT molecular complexity index is 1950. The molecule has 7 aromatic rings. The molecular formula is C32H19N3S. The van der Waals surface area contributed by atoms with Crippen LogP contribution in [0.1, 0.15) is 0 Å². The van der Waals surface area contributed by atoms with E-state index in [9.17, 15) is 0 Å². The molecule has 4 heteroatoms. The predicted octanol–water partition coefficient (Wildman–Crippen LogP) is 9.11. The van der Waals surface area contributed by atoms with Gasteiger partial charge in [0, 0.05) is 42.9 Å². The van der Waals surface area contributed by atoms with Gasteiger partial charge in [-0.3, -0.25) is 4.90 Å². The molecular weight excluding hydrogens is 458 g/mol. The van der Waals surface area contributed by atoms with Gasteiger partial charge in [0.05, 0.1) is 17.1 Å². The van der Waals surface area contributed by atoms with Gasteiger partial charge in [-0.2, -0.15) is 0 Å². The third kappa shape index (κ3) is 2.79. The molecule has 0 amide bonds. The molecule has 0 aliphatic carbocycles. The number of aromatic nitrogens is 2. The summed E-state index contributed by atoms with van der Waals surface area (Å²) < 4.78 is 2.57. The van der Waals surface area contributed by atoms with Crippen LogP contribution in [0.15, 0.2) is 115 Å². The SMILES string of the molecule is c1ccc(-c2ccnc(N3c4cc5sc6ccccc6c5cc4-c4cccc5cccc3c45)n2)cc1. The second-order valence-electron chi connectivity index (χ2n) is 9.09. The van der Waals surface area contributed by atoms with Crippen LogP contribution in [0.4, 0.5) is 17.3 Å². The normalized spacial score (nSPS) is 12.4. The summed E-state index contributed by atoms with van der Waals surface area (Å²) in [6.07, 6.45) is 1.86. The van der Waals surface area contributed by atoms with Crippen molar-refractivity contribution in [1.82, 2.24) is 9.97 Å². The molecule has 36 heavy (non-hydrogen) atoms. The largest absolute Gasteiger partial charge is 0.278 e. The van der Waals surface area contributed by atoms with E-state index >= 15 is 0 Å². The summed E-state index contributed by atoms with van der Waals surface area (Å²) in [5.41, 5.74) is 6.69. The van der Waals surface area contributed by atoms with Gasteiger partial charge >= 0.3 is 0 Å². The summed E-state index contributed by atoms with van der Waals surface area (Å²) in [6.45, 7) is 0. The molecule has 0 saturated carbocycles. The average molecular weight is 478 g/mol. The Morgan fingerprint density at radius 2 is 1.44 bits per heavy atom. The van der Waals surface area contributed by atoms with Gasteiger partial charge in [-0.1, -0.05) is 78.9 Å². The highest BCUT2D eigenvalue weighted by atomic mass is 32.1. The van der Waals surface area contributed by atoms with Crippen molar-refractivity contribution in [3.05, 3.63) is 115 Å². The molecule has 0 N–H and O–H groups in total. The smallest absolute Gasteiger partial charge is 0.235 e. The van der Waals surface area contributed by atoms with Gasteiger partial charge in [-0.05, 0) is 41.3 Å². The number of rotatable bonds is 2. The Balaban J connectivity index is 1.46. The highest BCUT2D eigenvalue weighted by molar-refractivity contribution is 7.25. The van der Waals surface area contributed by atoms with Crippen LogP contribution < -0.4 is 4.90 Å². The molecule has 8 rings (SSSR count). The van der Waals surface area contributed by atoms with Crippen molar-refractivity contribution < 1.29 is 0 Å². The summed E-state index contributed by atoms with van der Waals surface area (Å²) in [7, 11) is 0. The van der Waals surface area contributed by atoms with Crippen molar-refractivity contribution in [1.29, 1.82) is 0 Å². The lowest BCUT2D eigenvalue weighted by atomic mass is 9.90. The molecule has 5 aromatic carbocycles. The fourth-order valence-electron chi connectivity index (χ4n) is 5.46. The number of nitrogens with zero attached hydrogens (tertiary/aromatic N) is 3. The molecule has 0 bridgehead atoms. The first-order valence-corrected chi connectivity index (χ1v) is 12.8. The fraction of sp³-hybridized carbons (Fsp3) is 0. The molecule has 0 fully saturated rings. The maximum atomic E-state index is 5.07. The fourth-order valence-corrected chi connectivity index (χ4v) is 6.59. The van der Waals surface area contributed by atoms with Crippen LogP contribution in [0.2, 0.25) is 0 Å². The van der Waals surface area contributed by atoms with Gasteiger partial charge in [0.1, 0.15) is 0 Å². The standard InChI is InChI=1S/C32H19N3S/c1-2-8-20(9-3-1)26-16-17-33-32(34-26)35-27-14-7-11-21-10-6-13-23(31(21)27)24-18-25-22-12-4-5-15-29(22)36-30(25)19-28(24)35/h1-19H. The van der Waals surface area contributed by atoms with E-state index in [1.807, 2.05) is 41.8 Å². The van der Waals surface area contributed by atoms with Gasteiger partial charge in [-0.25, -0.2) is 9.97 Å². The van der Waals surface area contributed by atoms with Crippen LogP contribution in [0.25, 0.3) is 53.3 Å². The van der Waals surface area contributed by atoms with E-state index in [0.717, 1.165) is 22.6 Å². The average Bonchev–Trinajstić information content (AvgIpc) is 3.31. The molecule has 3 heterocycles. The first-order valence-electron chi connectivity index (χ1n) is 12.0. The second kappa shape index (κ2) is 7.48. The number of hydrogen-bond donors (Lipinski definition) is 0. The van der Waals surface area contributed by atoms with Crippen molar-refractivity contribution in [3.8, 4) is 22.4 Å². The lowest BCUT2D eigenvalue weighted by molar-refractivity contribution is 1.09. The van der Waals surface area contributed by atoms with Crippen molar-refractivity contribution in [2.24, 2.45) is 0 Å². The molecule has 1 aliphatic rings. The van der Waals surface area contributed by atoms with E-state index in [-0.39, 0.29) is 0 Å². The van der Waals surface area contributed by atoms with E-state index in [0.29, 0.717) is 5.95 Å². The maximum Gasteiger partial charge on any atom is 0.235 e. The van der Waals surface area contributed by atoms with Crippen molar-refractivity contribution in [2.45, 2.75) is 0 Å². The van der Waals surface area contributed by atoms with Crippen molar-refractivity contribution in [2.75, 3.05) is 4.90 Å². The summed E-state index contributed by atoms with van der Waals surface area (Å²) in [5, 5.41) is 5.06.